The second-order valence-corrected chi connectivity index (χ2v) is 8.16. The van der Waals surface area contributed by atoms with E-state index in [0.717, 1.165) is 24.8 Å². The molecule has 3 atom stereocenters. The normalized spacial score (nSPS) is 27.8. The van der Waals surface area contributed by atoms with Crippen LogP contribution in [0, 0.1) is 11.8 Å². The Kier molecular flexibility index (Phi) is 4.66. The van der Waals surface area contributed by atoms with Gasteiger partial charge in [-0.3, -0.25) is 0 Å². The molecule has 1 aliphatic carbocycles. The fraction of sp³-hybridized carbons (Fsp3) is 0.692. The first-order chi connectivity index (χ1) is 8.97. The summed E-state index contributed by atoms with van der Waals surface area (Å²) in [6.45, 7) is 4.70. The summed E-state index contributed by atoms with van der Waals surface area (Å²) in [6, 6.07) is 1.74. The van der Waals surface area contributed by atoms with Crippen LogP contribution < -0.4 is 10.5 Å². The van der Waals surface area contributed by atoms with Gasteiger partial charge in [0.2, 0.25) is 10.0 Å². The molecule has 3 N–H and O–H groups in total. The van der Waals surface area contributed by atoms with Crippen molar-refractivity contribution in [1.82, 2.24) is 4.72 Å². The first kappa shape index (κ1) is 15.0. The van der Waals surface area contributed by atoms with E-state index in [4.69, 9.17) is 5.73 Å². The minimum Gasteiger partial charge on any atom is -0.326 e. The summed E-state index contributed by atoms with van der Waals surface area (Å²) < 4.78 is 27.9. The molecule has 108 valence electrons. The number of hydrogen-bond donors (Lipinski definition) is 2. The number of thiophene rings is 1. The highest BCUT2D eigenvalue weighted by Gasteiger charge is 2.34. The van der Waals surface area contributed by atoms with Gasteiger partial charge in [0.1, 0.15) is 4.21 Å². The van der Waals surface area contributed by atoms with Crippen molar-refractivity contribution in [3.63, 3.8) is 0 Å². The van der Waals surface area contributed by atoms with Crippen LogP contribution in [0.3, 0.4) is 0 Å². The average Bonchev–Trinajstić information content (AvgIpc) is 2.98. The van der Waals surface area contributed by atoms with Crippen molar-refractivity contribution < 1.29 is 8.42 Å². The predicted octanol–water partition coefficient (Wildman–Crippen LogP) is 2.31. The lowest BCUT2D eigenvalue weighted by atomic mass is 9.94. The number of sulfonamides is 1. The van der Waals surface area contributed by atoms with Gasteiger partial charge in [0.05, 0.1) is 0 Å². The molecular weight excluding hydrogens is 280 g/mol. The molecule has 1 fully saturated rings. The van der Waals surface area contributed by atoms with Crippen LogP contribution >= 0.6 is 11.3 Å². The van der Waals surface area contributed by atoms with Crippen molar-refractivity contribution >= 4 is 21.4 Å². The maximum Gasteiger partial charge on any atom is 0.250 e. The molecule has 0 radical (unpaired) electrons. The summed E-state index contributed by atoms with van der Waals surface area (Å²) in [5, 5.41) is 1.81. The molecule has 19 heavy (non-hydrogen) atoms. The largest absolute Gasteiger partial charge is 0.326 e. The van der Waals surface area contributed by atoms with Crippen LogP contribution in [0.5, 0.6) is 0 Å². The van der Waals surface area contributed by atoms with E-state index in [1.165, 1.54) is 11.3 Å². The van der Waals surface area contributed by atoms with Crippen LogP contribution in [0.4, 0.5) is 0 Å². The number of nitrogens with one attached hydrogen (secondary N) is 1. The first-order valence-electron chi connectivity index (χ1n) is 6.77. The summed E-state index contributed by atoms with van der Waals surface area (Å²) in [5.41, 5.74) is 6.39. The van der Waals surface area contributed by atoms with Gasteiger partial charge in [-0.15, -0.1) is 11.3 Å². The lowest BCUT2D eigenvalue weighted by Gasteiger charge is -2.20. The van der Waals surface area contributed by atoms with Crippen molar-refractivity contribution in [2.45, 2.75) is 49.9 Å². The van der Waals surface area contributed by atoms with E-state index in [-0.39, 0.29) is 6.04 Å². The number of nitrogens with two attached hydrogens (primary N) is 1. The van der Waals surface area contributed by atoms with E-state index >= 15 is 0 Å². The van der Waals surface area contributed by atoms with Crippen LogP contribution in [-0.2, 0) is 16.6 Å². The first-order valence-corrected chi connectivity index (χ1v) is 9.14. The highest BCUT2D eigenvalue weighted by Crippen LogP contribution is 2.35. The summed E-state index contributed by atoms with van der Waals surface area (Å²) in [7, 11) is -3.38. The third kappa shape index (κ3) is 3.18. The molecule has 0 saturated heterocycles. The van der Waals surface area contributed by atoms with Gasteiger partial charge in [0, 0.05) is 12.6 Å². The van der Waals surface area contributed by atoms with Gasteiger partial charge in [0.15, 0.2) is 0 Å². The second-order valence-electron chi connectivity index (χ2n) is 5.31. The summed E-state index contributed by atoms with van der Waals surface area (Å²) in [6.07, 6.45) is 3.17. The Hall–Kier alpha value is -0.430. The maximum absolute atomic E-state index is 12.3. The fourth-order valence-electron chi connectivity index (χ4n) is 2.85. The Morgan fingerprint density at radius 2 is 2.21 bits per heavy atom. The topological polar surface area (TPSA) is 72.2 Å². The number of rotatable bonds is 5. The summed E-state index contributed by atoms with van der Waals surface area (Å²) in [5.74, 6) is 1.05. The van der Waals surface area contributed by atoms with Gasteiger partial charge in [-0.1, -0.05) is 20.3 Å². The average molecular weight is 302 g/mol. The van der Waals surface area contributed by atoms with E-state index in [9.17, 15) is 8.42 Å². The fourth-order valence-corrected chi connectivity index (χ4v) is 5.45. The zero-order valence-electron chi connectivity index (χ0n) is 11.4. The van der Waals surface area contributed by atoms with E-state index in [1.54, 1.807) is 6.07 Å². The SMILES string of the molecule is CCC1CCC(NS(=O)(=O)c2cc(CN)cs2)C1C. The van der Waals surface area contributed by atoms with Gasteiger partial charge in [-0.2, -0.15) is 0 Å². The zero-order valence-corrected chi connectivity index (χ0v) is 13.1. The Balaban J connectivity index is 2.09. The van der Waals surface area contributed by atoms with Gasteiger partial charge >= 0.3 is 0 Å². The van der Waals surface area contributed by atoms with E-state index < -0.39 is 10.0 Å². The lowest BCUT2D eigenvalue weighted by molar-refractivity contribution is 0.369. The summed E-state index contributed by atoms with van der Waals surface area (Å²) >= 11 is 1.24. The molecule has 1 aromatic rings. The minimum absolute atomic E-state index is 0.0679. The monoisotopic (exact) mass is 302 g/mol. The van der Waals surface area contributed by atoms with E-state index in [0.29, 0.717) is 22.6 Å². The molecule has 0 spiro atoms. The molecule has 1 saturated carbocycles. The van der Waals surface area contributed by atoms with Gasteiger partial charge < -0.3 is 5.73 Å². The predicted molar refractivity (Wildman–Crippen MR) is 78.5 cm³/mol. The molecule has 2 rings (SSSR count). The van der Waals surface area contributed by atoms with Crippen LogP contribution in [0.15, 0.2) is 15.7 Å². The highest BCUT2D eigenvalue weighted by molar-refractivity contribution is 7.91. The molecular formula is C13H22N2O2S2. The maximum atomic E-state index is 12.3. The van der Waals surface area contributed by atoms with Gasteiger partial charge in [-0.25, -0.2) is 13.1 Å². The van der Waals surface area contributed by atoms with Gasteiger partial charge in [-0.05, 0) is 41.7 Å². The van der Waals surface area contributed by atoms with E-state index in [1.807, 2.05) is 5.38 Å². The van der Waals surface area contributed by atoms with E-state index in [2.05, 4.69) is 18.6 Å². The van der Waals surface area contributed by atoms with Crippen LogP contribution in [0.25, 0.3) is 0 Å². The molecule has 1 aromatic heterocycles. The standard InChI is InChI=1S/C13H22N2O2S2/c1-3-11-4-5-12(9(11)2)15-19(16,17)13-6-10(7-14)8-18-13/h6,8-9,11-12,15H,3-5,7,14H2,1-2H3. The van der Waals surface area contributed by atoms with Crippen molar-refractivity contribution in [3.05, 3.63) is 17.0 Å². The third-order valence-corrected chi connectivity index (χ3v) is 7.17. The van der Waals surface area contributed by atoms with Crippen molar-refractivity contribution in [3.8, 4) is 0 Å². The molecule has 0 bridgehead atoms. The Bertz CT molecular complexity index is 525. The minimum atomic E-state index is -3.38. The van der Waals surface area contributed by atoms with Crippen molar-refractivity contribution in [2.24, 2.45) is 17.6 Å². The second kappa shape index (κ2) is 5.91. The molecule has 0 aromatic carbocycles. The molecule has 4 nitrogen and oxygen atoms in total. The molecule has 3 unspecified atom stereocenters. The third-order valence-electron chi connectivity index (χ3n) is 4.19. The van der Waals surface area contributed by atoms with Crippen LogP contribution in [0.1, 0.15) is 38.7 Å². The van der Waals surface area contributed by atoms with Gasteiger partial charge in [0.25, 0.3) is 0 Å². The molecule has 1 aliphatic rings. The molecule has 0 aliphatic heterocycles. The smallest absolute Gasteiger partial charge is 0.250 e. The summed E-state index contributed by atoms with van der Waals surface area (Å²) in [4.78, 5) is 0. The Morgan fingerprint density at radius 3 is 2.74 bits per heavy atom. The molecule has 1 heterocycles. The molecule has 0 amide bonds. The number of hydrogen-bond acceptors (Lipinski definition) is 4. The van der Waals surface area contributed by atoms with Crippen LogP contribution in [0.2, 0.25) is 0 Å². The lowest BCUT2D eigenvalue weighted by Crippen LogP contribution is -2.37. The van der Waals surface area contributed by atoms with Crippen molar-refractivity contribution in [1.29, 1.82) is 0 Å². The quantitative estimate of drug-likeness (QED) is 0.876. The van der Waals surface area contributed by atoms with Crippen LogP contribution in [-0.4, -0.2) is 14.5 Å². The molecule has 6 heteroatoms. The zero-order chi connectivity index (χ0) is 14.0. The highest BCUT2D eigenvalue weighted by atomic mass is 32.2. The Morgan fingerprint density at radius 1 is 1.47 bits per heavy atom. The Labute approximate surface area is 119 Å². The van der Waals surface area contributed by atoms with Crippen molar-refractivity contribution in [2.75, 3.05) is 0 Å².